The zero-order valence-electron chi connectivity index (χ0n) is 9.13. The Balaban J connectivity index is 1.89. The van der Waals surface area contributed by atoms with E-state index < -0.39 is 0 Å². The molecule has 2 aliphatic rings. The summed E-state index contributed by atoms with van der Waals surface area (Å²) in [6.45, 7) is 3.61. The highest BCUT2D eigenvalue weighted by molar-refractivity contribution is 5.63. The minimum absolute atomic E-state index is 1.14. The van der Waals surface area contributed by atoms with Crippen LogP contribution < -0.4 is 10.2 Å². The number of fused-ring (bicyclic) bond motifs is 1. The first-order valence-electron chi connectivity index (χ1n) is 6.05. The van der Waals surface area contributed by atoms with Gasteiger partial charge in [0.2, 0.25) is 0 Å². The predicted molar refractivity (Wildman–Crippen MR) is 64.7 cm³/mol. The highest BCUT2D eigenvalue weighted by Crippen LogP contribution is 2.28. The summed E-state index contributed by atoms with van der Waals surface area (Å²) in [5, 5.41) is 3.50. The number of nitrogens with one attached hydrogen (secondary N) is 1. The van der Waals surface area contributed by atoms with Gasteiger partial charge in [0.1, 0.15) is 0 Å². The van der Waals surface area contributed by atoms with Crippen molar-refractivity contribution in [1.82, 2.24) is 0 Å². The Labute approximate surface area is 91.3 Å². The van der Waals surface area contributed by atoms with Crippen molar-refractivity contribution < 1.29 is 0 Å². The summed E-state index contributed by atoms with van der Waals surface area (Å²) >= 11 is 0. The molecule has 0 radical (unpaired) electrons. The fourth-order valence-electron chi connectivity index (χ4n) is 2.62. The van der Waals surface area contributed by atoms with Gasteiger partial charge in [-0.05, 0) is 43.4 Å². The van der Waals surface area contributed by atoms with Crippen LogP contribution in [0.2, 0.25) is 0 Å². The maximum Gasteiger partial charge on any atom is 0.0393 e. The van der Waals surface area contributed by atoms with Gasteiger partial charge in [-0.3, -0.25) is 0 Å². The van der Waals surface area contributed by atoms with Gasteiger partial charge in [-0.15, -0.1) is 0 Å². The van der Waals surface area contributed by atoms with Crippen LogP contribution in [0.3, 0.4) is 0 Å². The van der Waals surface area contributed by atoms with Crippen LogP contribution in [-0.2, 0) is 6.42 Å². The lowest BCUT2D eigenvalue weighted by Gasteiger charge is -2.23. The summed E-state index contributed by atoms with van der Waals surface area (Å²) in [7, 11) is 0. The normalized spacial score (nSPS) is 19.9. The zero-order chi connectivity index (χ0) is 10.1. The van der Waals surface area contributed by atoms with Crippen molar-refractivity contribution in [3.05, 3.63) is 23.8 Å². The Morgan fingerprint density at radius 2 is 1.93 bits per heavy atom. The second kappa shape index (κ2) is 3.76. The molecule has 80 valence electrons. The topological polar surface area (TPSA) is 15.3 Å². The maximum absolute atomic E-state index is 3.50. The van der Waals surface area contributed by atoms with E-state index in [9.17, 15) is 0 Å². The van der Waals surface area contributed by atoms with Gasteiger partial charge < -0.3 is 10.2 Å². The van der Waals surface area contributed by atoms with Crippen LogP contribution in [0.1, 0.15) is 24.8 Å². The molecule has 2 aliphatic heterocycles. The Kier molecular flexibility index (Phi) is 2.28. The Morgan fingerprint density at radius 1 is 1.07 bits per heavy atom. The maximum atomic E-state index is 3.50. The molecule has 0 saturated carbocycles. The average Bonchev–Trinajstić information content (AvgIpc) is 2.82. The van der Waals surface area contributed by atoms with Crippen molar-refractivity contribution in [2.45, 2.75) is 25.7 Å². The molecule has 1 fully saturated rings. The molecule has 1 aromatic carbocycles. The van der Waals surface area contributed by atoms with E-state index in [1.165, 1.54) is 55.7 Å². The number of hydrogen-bond donors (Lipinski definition) is 1. The van der Waals surface area contributed by atoms with E-state index in [4.69, 9.17) is 0 Å². The summed E-state index contributed by atoms with van der Waals surface area (Å²) in [6.07, 6.45) is 5.22. The molecule has 1 saturated heterocycles. The molecule has 2 heterocycles. The fourth-order valence-corrected chi connectivity index (χ4v) is 2.62. The molecule has 3 rings (SSSR count). The largest absolute Gasteiger partial charge is 0.385 e. The molecule has 2 heteroatoms. The molecule has 0 amide bonds. The summed E-state index contributed by atoms with van der Waals surface area (Å²) in [5.41, 5.74) is 4.26. The summed E-state index contributed by atoms with van der Waals surface area (Å²) in [5.74, 6) is 0. The van der Waals surface area contributed by atoms with Crippen LogP contribution in [-0.4, -0.2) is 19.6 Å². The molecule has 1 N–H and O–H groups in total. The molecule has 0 atom stereocenters. The van der Waals surface area contributed by atoms with Gasteiger partial charge in [0, 0.05) is 31.0 Å². The smallest absolute Gasteiger partial charge is 0.0393 e. The monoisotopic (exact) mass is 202 g/mol. The van der Waals surface area contributed by atoms with Crippen molar-refractivity contribution in [3.8, 4) is 0 Å². The first kappa shape index (κ1) is 9.08. The zero-order valence-corrected chi connectivity index (χ0v) is 9.13. The van der Waals surface area contributed by atoms with E-state index in [0.717, 1.165) is 6.54 Å². The van der Waals surface area contributed by atoms with Crippen LogP contribution in [0.25, 0.3) is 0 Å². The van der Waals surface area contributed by atoms with Crippen molar-refractivity contribution in [2.75, 3.05) is 29.9 Å². The van der Waals surface area contributed by atoms with E-state index >= 15 is 0 Å². The lowest BCUT2D eigenvalue weighted by atomic mass is 10.0. The molecule has 0 aromatic heterocycles. The Morgan fingerprint density at radius 3 is 2.80 bits per heavy atom. The van der Waals surface area contributed by atoms with E-state index in [1.54, 1.807) is 0 Å². The van der Waals surface area contributed by atoms with Gasteiger partial charge in [-0.2, -0.15) is 0 Å². The summed E-state index contributed by atoms with van der Waals surface area (Å²) in [4.78, 5) is 2.50. The van der Waals surface area contributed by atoms with E-state index in [2.05, 4.69) is 28.4 Å². The van der Waals surface area contributed by atoms with Crippen LogP contribution in [0.5, 0.6) is 0 Å². The summed E-state index contributed by atoms with van der Waals surface area (Å²) < 4.78 is 0. The Bertz CT molecular complexity index is 354. The number of hydrogen-bond acceptors (Lipinski definition) is 2. The van der Waals surface area contributed by atoms with Crippen molar-refractivity contribution in [1.29, 1.82) is 0 Å². The van der Waals surface area contributed by atoms with E-state index in [0.29, 0.717) is 0 Å². The molecule has 0 spiro atoms. The highest BCUT2D eigenvalue weighted by Gasteiger charge is 2.15. The molecule has 0 bridgehead atoms. The van der Waals surface area contributed by atoms with Gasteiger partial charge in [-0.25, -0.2) is 0 Å². The van der Waals surface area contributed by atoms with Crippen molar-refractivity contribution in [3.63, 3.8) is 0 Å². The standard InChI is InChI=1S/C13H18N2/c1-2-9-15(8-1)12-6-5-11-4-3-7-14-13(11)10-12/h5-6,10,14H,1-4,7-9H2. The lowest BCUT2D eigenvalue weighted by Crippen LogP contribution is -2.19. The number of benzene rings is 1. The second-order valence-electron chi connectivity index (χ2n) is 4.57. The molecule has 0 unspecified atom stereocenters. The van der Waals surface area contributed by atoms with Crippen molar-refractivity contribution >= 4 is 11.4 Å². The van der Waals surface area contributed by atoms with Gasteiger partial charge in [0.05, 0.1) is 0 Å². The van der Waals surface area contributed by atoms with Gasteiger partial charge in [0.25, 0.3) is 0 Å². The summed E-state index contributed by atoms with van der Waals surface area (Å²) in [6, 6.07) is 6.92. The molecule has 15 heavy (non-hydrogen) atoms. The lowest BCUT2D eigenvalue weighted by molar-refractivity contribution is 0.829. The van der Waals surface area contributed by atoms with Crippen LogP contribution in [0.15, 0.2) is 18.2 Å². The second-order valence-corrected chi connectivity index (χ2v) is 4.57. The SMILES string of the molecule is c1cc2c(cc1N1CCCC1)NCCC2. The fraction of sp³-hybridized carbons (Fsp3) is 0.538. The third-order valence-corrected chi connectivity index (χ3v) is 3.50. The minimum Gasteiger partial charge on any atom is -0.385 e. The average molecular weight is 202 g/mol. The van der Waals surface area contributed by atoms with Gasteiger partial charge in [-0.1, -0.05) is 6.07 Å². The highest BCUT2D eigenvalue weighted by atomic mass is 15.1. The number of nitrogens with zero attached hydrogens (tertiary/aromatic N) is 1. The molecular weight excluding hydrogens is 184 g/mol. The molecule has 1 aromatic rings. The first-order valence-corrected chi connectivity index (χ1v) is 6.05. The van der Waals surface area contributed by atoms with Crippen LogP contribution in [0, 0.1) is 0 Å². The Hall–Kier alpha value is -1.18. The number of anilines is 2. The quantitative estimate of drug-likeness (QED) is 0.753. The van der Waals surface area contributed by atoms with E-state index in [-0.39, 0.29) is 0 Å². The van der Waals surface area contributed by atoms with Gasteiger partial charge >= 0.3 is 0 Å². The van der Waals surface area contributed by atoms with E-state index in [1.807, 2.05) is 0 Å². The molecule has 2 nitrogen and oxygen atoms in total. The third kappa shape index (κ3) is 1.69. The van der Waals surface area contributed by atoms with Crippen LogP contribution in [0.4, 0.5) is 11.4 Å². The molecular formula is C13H18N2. The van der Waals surface area contributed by atoms with Crippen LogP contribution >= 0.6 is 0 Å². The van der Waals surface area contributed by atoms with Crippen molar-refractivity contribution in [2.24, 2.45) is 0 Å². The predicted octanol–water partition coefficient (Wildman–Crippen LogP) is 2.64. The minimum atomic E-state index is 1.14. The van der Waals surface area contributed by atoms with Gasteiger partial charge in [0.15, 0.2) is 0 Å². The number of aryl methyl sites for hydroxylation is 1. The molecule has 0 aliphatic carbocycles. The first-order chi connectivity index (χ1) is 7.43. The third-order valence-electron chi connectivity index (χ3n) is 3.50. The number of rotatable bonds is 1.